The molecule has 1 aromatic heterocycles. The van der Waals surface area contributed by atoms with Crippen molar-refractivity contribution >= 4 is 45.7 Å². The van der Waals surface area contributed by atoms with Gasteiger partial charge in [0.15, 0.2) is 0 Å². The zero-order chi connectivity index (χ0) is 10.8. The van der Waals surface area contributed by atoms with Crippen LogP contribution in [-0.4, -0.2) is 10.2 Å². The number of hydrogen-bond donors (Lipinski definition) is 0. The molecule has 0 unspecified atom stereocenters. The lowest BCUT2D eigenvalue weighted by atomic mass is 10.1. The molecule has 2 rings (SSSR count). The zero-order valence-corrected chi connectivity index (χ0v) is 9.89. The number of hydrogen-bond acceptors (Lipinski definition) is 2. The maximum Gasteiger partial charge on any atom is 0.252 e. The van der Waals surface area contributed by atoms with Gasteiger partial charge in [0.2, 0.25) is 0 Å². The molecule has 0 aliphatic rings. The summed E-state index contributed by atoms with van der Waals surface area (Å²) in [6, 6.07) is 9.52. The molecule has 0 saturated carbocycles. The third-order valence-electron chi connectivity index (χ3n) is 2.18. The van der Waals surface area contributed by atoms with Crippen molar-refractivity contribution in [2.45, 2.75) is 0 Å². The topological polar surface area (TPSA) is 30.0 Å². The number of fused-ring (bicyclic) bond motifs is 1. The summed E-state index contributed by atoms with van der Waals surface area (Å²) in [5.74, 6) is 0. The lowest BCUT2D eigenvalue weighted by molar-refractivity contribution is -0.106. The van der Waals surface area contributed by atoms with Crippen molar-refractivity contribution < 1.29 is 4.79 Å². The highest BCUT2D eigenvalue weighted by Gasteiger charge is 2.07. The minimum absolute atomic E-state index is 0. The number of allylic oxidation sites excluding steroid dienone is 1. The lowest BCUT2D eigenvalue weighted by Crippen LogP contribution is -1.92. The van der Waals surface area contributed by atoms with Gasteiger partial charge in [-0.1, -0.05) is 24.8 Å². The highest BCUT2D eigenvalue weighted by Crippen LogP contribution is 2.19. The number of halogens is 2. The number of rotatable bonds is 2. The van der Waals surface area contributed by atoms with Crippen LogP contribution in [0.1, 0.15) is 5.56 Å². The van der Waals surface area contributed by atoms with E-state index < -0.39 is 5.24 Å². The predicted molar refractivity (Wildman–Crippen MR) is 68.9 cm³/mol. The van der Waals surface area contributed by atoms with Crippen molar-refractivity contribution in [2.75, 3.05) is 0 Å². The Morgan fingerprint density at radius 2 is 2.00 bits per heavy atom. The number of carbonyl (C=O) groups excluding carboxylic acids is 1. The van der Waals surface area contributed by atoms with Crippen molar-refractivity contribution in [1.29, 1.82) is 0 Å². The van der Waals surface area contributed by atoms with E-state index in [1.54, 1.807) is 6.20 Å². The first-order valence-corrected chi connectivity index (χ1v) is 4.80. The molecule has 0 saturated heterocycles. The van der Waals surface area contributed by atoms with Crippen LogP contribution in [-0.2, 0) is 4.79 Å². The van der Waals surface area contributed by atoms with Gasteiger partial charge in [-0.15, -0.1) is 12.4 Å². The standard InChI is InChI=1S/C12H8ClNO.ClH/c1-8(12(13)15)10-6-9-4-2-3-5-11(9)14-7-10;/h2-7H,1H2;1H. The monoisotopic (exact) mass is 253 g/mol. The molecule has 16 heavy (non-hydrogen) atoms. The summed E-state index contributed by atoms with van der Waals surface area (Å²) in [5, 5.41) is 0.418. The van der Waals surface area contributed by atoms with Gasteiger partial charge in [0.1, 0.15) is 0 Å². The fraction of sp³-hybridized carbons (Fsp3) is 0. The average molecular weight is 254 g/mol. The molecule has 2 nitrogen and oxygen atoms in total. The highest BCUT2D eigenvalue weighted by molar-refractivity contribution is 6.74. The number of carbonyl (C=O) groups is 1. The molecule has 0 bridgehead atoms. The molecule has 2 aromatic rings. The predicted octanol–water partition coefficient (Wildman–Crippen LogP) is 3.44. The fourth-order valence-electron chi connectivity index (χ4n) is 1.35. The first-order chi connectivity index (χ1) is 7.18. The van der Waals surface area contributed by atoms with Crippen LogP contribution in [0.25, 0.3) is 16.5 Å². The van der Waals surface area contributed by atoms with Gasteiger partial charge in [-0.25, -0.2) is 0 Å². The Balaban J connectivity index is 0.00000128. The normalized spacial score (nSPS) is 9.56. The molecule has 0 radical (unpaired) electrons. The Labute approximate surface area is 104 Å². The lowest BCUT2D eigenvalue weighted by Gasteiger charge is -2.02. The van der Waals surface area contributed by atoms with Gasteiger partial charge in [-0.05, 0) is 23.7 Å². The molecule has 1 heterocycles. The van der Waals surface area contributed by atoms with E-state index in [1.165, 1.54) is 0 Å². The van der Waals surface area contributed by atoms with E-state index in [1.807, 2.05) is 30.3 Å². The maximum absolute atomic E-state index is 10.9. The Kier molecular flexibility index (Phi) is 4.05. The minimum atomic E-state index is -0.549. The van der Waals surface area contributed by atoms with Gasteiger partial charge in [0.05, 0.1) is 5.52 Å². The Morgan fingerprint density at radius 1 is 1.31 bits per heavy atom. The van der Waals surface area contributed by atoms with Crippen LogP contribution in [0.5, 0.6) is 0 Å². The van der Waals surface area contributed by atoms with E-state index in [4.69, 9.17) is 11.6 Å². The Morgan fingerprint density at radius 3 is 2.69 bits per heavy atom. The molecular weight excluding hydrogens is 245 g/mol. The van der Waals surface area contributed by atoms with Crippen molar-refractivity contribution in [3.63, 3.8) is 0 Å². The third kappa shape index (κ3) is 2.40. The summed E-state index contributed by atoms with van der Waals surface area (Å²) < 4.78 is 0. The van der Waals surface area contributed by atoms with E-state index in [0.717, 1.165) is 10.9 Å². The molecule has 0 spiro atoms. The Bertz CT molecular complexity index is 551. The molecule has 4 heteroatoms. The Hall–Kier alpha value is -1.38. The fourth-order valence-corrected chi connectivity index (χ4v) is 1.46. The SMILES string of the molecule is C=C(C(=O)Cl)c1cnc2ccccc2c1.Cl. The molecule has 82 valence electrons. The van der Waals surface area contributed by atoms with Gasteiger partial charge in [-0.3, -0.25) is 9.78 Å². The summed E-state index contributed by atoms with van der Waals surface area (Å²) in [7, 11) is 0. The van der Waals surface area contributed by atoms with Crippen molar-refractivity contribution in [3.05, 3.63) is 48.7 Å². The first kappa shape index (κ1) is 12.7. The van der Waals surface area contributed by atoms with Crippen molar-refractivity contribution in [2.24, 2.45) is 0 Å². The zero-order valence-electron chi connectivity index (χ0n) is 8.31. The van der Waals surface area contributed by atoms with Gasteiger partial charge in [-0.2, -0.15) is 0 Å². The van der Waals surface area contributed by atoms with Gasteiger partial charge < -0.3 is 0 Å². The summed E-state index contributed by atoms with van der Waals surface area (Å²) in [6.07, 6.45) is 1.60. The number of nitrogens with zero attached hydrogens (tertiary/aromatic N) is 1. The van der Waals surface area contributed by atoms with Crippen molar-refractivity contribution in [3.8, 4) is 0 Å². The van der Waals surface area contributed by atoms with Crippen LogP contribution in [0.15, 0.2) is 43.1 Å². The molecule has 0 amide bonds. The minimum Gasteiger partial charge on any atom is -0.276 e. The summed E-state index contributed by atoms with van der Waals surface area (Å²) in [6.45, 7) is 3.61. The molecule has 0 aliphatic carbocycles. The second kappa shape index (κ2) is 5.10. The number of aromatic nitrogens is 1. The van der Waals surface area contributed by atoms with Crippen LogP contribution < -0.4 is 0 Å². The van der Waals surface area contributed by atoms with Gasteiger partial charge in [0.25, 0.3) is 5.24 Å². The van der Waals surface area contributed by atoms with Gasteiger partial charge in [0, 0.05) is 22.7 Å². The maximum atomic E-state index is 10.9. The molecular formula is C12H9Cl2NO. The summed E-state index contributed by atoms with van der Waals surface area (Å²) in [5.41, 5.74) is 1.82. The van der Waals surface area contributed by atoms with E-state index >= 15 is 0 Å². The molecule has 0 atom stereocenters. The smallest absolute Gasteiger partial charge is 0.252 e. The second-order valence-electron chi connectivity index (χ2n) is 3.17. The van der Waals surface area contributed by atoms with E-state index in [0.29, 0.717) is 5.56 Å². The number of benzene rings is 1. The summed E-state index contributed by atoms with van der Waals surface area (Å²) >= 11 is 5.35. The van der Waals surface area contributed by atoms with Crippen LogP contribution in [0.3, 0.4) is 0 Å². The van der Waals surface area contributed by atoms with Crippen LogP contribution >= 0.6 is 24.0 Å². The largest absolute Gasteiger partial charge is 0.276 e. The van der Waals surface area contributed by atoms with Crippen LogP contribution in [0, 0.1) is 0 Å². The molecule has 0 fully saturated rings. The molecule has 0 N–H and O–H groups in total. The number of pyridine rings is 1. The number of para-hydroxylation sites is 1. The quantitative estimate of drug-likeness (QED) is 0.607. The van der Waals surface area contributed by atoms with Crippen LogP contribution in [0.4, 0.5) is 0 Å². The van der Waals surface area contributed by atoms with Gasteiger partial charge >= 0.3 is 0 Å². The molecule has 1 aromatic carbocycles. The average Bonchev–Trinajstić information content (AvgIpc) is 2.27. The van der Waals surface area contributed by atoms with E-state index in [2.05, 4.69) is 11.6 Å². The molecule has 0 aliphatic heterocycles. The van der Waals surface area contributed by atoms with Crippen LogP contribution in [0.2, 0.25) is 0 Å². The second-order valence-corrected chi connectivity index (χ2v) is 3.51. The van der Waals surface area contributed by atoms with Crippen molar-refractivity contribution in [1.82, 2.24) is 4.98 Å². The third-order valence-corrected chi connectivity index (χ3v) is 2.40. The van der Waals surface area contributed by atoms with E-state index in [-0.39, 0.29) is 18.0 Å². The van der Waals surface area contributed by atoms with E-state index in [9.17, 15) is 4.79 Å². The highest BCUT2D eigenvalue weighted by atomic mass is 35.5. The first-order valence-electron chi connectivity index (χ1n) is 4.42. The summed E-state index contributed by atoms with van der Waals surface area (Å²) in [4.78, 5) is 15.1.